The Morgan fingerprint density at radius 2 is 2.12 bits per heavy atom. The van der Waals surface area contributed by atoms with Gasteiger partial charge in [0.2, 0.25) is 5.91 Å². The molecule has 1 saturated heterocycles. The van der Waals surface area contributed by atoms with Gasteiger partial charge in [-0.05, 0) is 43.7 Å². The number of carbonyl (C=O) groups excluding carboxylic acids is 1. The molecule has 2 rings (SSSR count). The average molecular weight is 253 g/mol. The van der Waals surface area contributed by atoms with Crippen LogP contribution < -0.4 is 10.2 Å². The van der Waals surface area contributed by atoms with E-state index in [2.05, 4.69) is 5.32 Å². The first-order valence-electron chi connectivity index (χ1n) is 5.92. The molecule has 0 aliphatic carbocycles. The maximum Gasteiger partial charge on any atom is 0.231 e. The summed E-state index contributed by atoms with van der Waals surface area (Å²) in [6, 6.07) is 7.35. The molecule has 0 bridgehead atoms. The van der Waals surface area contributed by atoms with Gasteiger partial charge in [-0.3, -0.25) is 4.79 Å². The molecule has 0 aromatic heterocycles. The van der Waals surface area contributed by atoms with Crippen LogP contribution in [0.4, 0.5) is 5.69 Å². The fourth-order valence-electron chi connectivity index (χ4n) is 2.13. The lowest BCUT2D eigenvalue weighted by Gasteiger charge is -2.27. The lowest BCUT2D eigenvalue weighted by molar-refractivity contribution is -0.122. The molecule has 1 N–H and O–H groups in total. The van der Waals surface area contributed by atoms with Gasteiger partial charge in [-0.15, -0.1) is 0 Å². The maximum absolute atomic E-state index is 12.2. The summed E-state index contributed by atoms with van der Waals surface area (Å²) in [5, 5.41) is 3.95. The summed E-state index contributed by atoms with van der Waals surface area (Å²) >= 11 is 5.83. The van der Waals surface area contributed by atoms with Crippen molar-refractivity contribution in [3.63, 3.8) is 0 Å². The molecular formula is C13H17ClN2O. The summed E-state index contributed by atoms with van der Waals surface area (Å²) in [6.45, 7) is 1.81. The van der Waals surface area contributed by atoms with E-state index in [4.69, 9.17) is 11.6 Å². The molecular weight excluding hydrogens is 236 g/mol. The van der Waals surface area contributed by atoms with Gasteiger partial charge in [-0.25, -0.2) is 0 Å². The average Bonchev–Trinajstić information content (AvgIpc) is 2.39. The molecule has 0 radical (unpaired) electrons. The van der Waals surface area contributed by atoms with E-state index in [9.17, 15) is 4.79 Å². The zero-order valence-electron chi connectivity index (χ0n) is 9.95. The predicted molar refractivity (Wildman–Crippen MR) is 70.5 cm³/mol. The van der Waals surface area contributed by atoms with Crippen molar-refractivity contribution in [2.45, 2.75) is 12.8 Å². The van der Waals surface area contributed by atoms with E-state index in [1.807, 2.05) is 19.2 Å². The van der Waals surface area contributed by atoms with Gasteiger partial charge in [0.05, 0.1) is 5.92 Å². The molecule has 92 valence electrons. The first-order chi connectivity index (χ1) is 8.18. The largest absolute Gasteiger partial charge is 0.316 e. The van der Waals surface area contributed by atoms with E-state index in [0.717, 1.165) is 31.6 Å². The lowest BCUT2D eigenvalue weighted by atomic mass is 9.98. The molecule has 1 aliphatic heterocycles. The minimum Gasteiger partial charge on any atom is -0.316 e. The number of amides is 1. The second kappa shape index (κ2) is 5.52. The van der Waals surface area contributed by atoms with E-state index in [-0.39, 0.29) is 11.8 Å². The van der Waals surface area contributed by atoms with E-state index in [0.29, 0.717) is 5.02 Å². The number of benzene rings is 1. The number of nitrogens with one attached hydrogen (secondary N) is 1. The monoisotopic (exact) mass is 252 g/mol. The highest BCUT2D eigenvalue weighted by Gasteiger charge is 2.24. The Hall–Kier alpha value is -1.06. The van der Waals surface area contributed by atoms with Crippen LogP contribution in [0.1, 0.15) is 12.8 Å². The van der Waals surface area contributed by atoms with Crippen molar-refractivity contribution in [3.05, 3.63) is 29.3 Å². The number of anilines is 1. The molecule has 3 nitrogen and oxygen atoms in total. The molecule has 1 fully saturated rings. The van der Waals surface area contributed by atoms with Crippen LogP contribution >= 0.6 is 11.6 Å². The normalized spacial score (nSPS) is 20.0. The van der Waals surface area contributed by atoms with Crippen molar-refractivity contribution in [2.75, 3.05) is 25.0 Å². The van der Waals surface area contributed by atoms with Crippen molar-refractivity contribution in [2.24, 2.45) is 5.92 Å². The Kier molecular flexibility index (Phi) is 4.02. The number of carbonyl (C=O) groups is 1. The standard InChI is InChI=1S/C13H17ClN2O/c1-16(12-6-4-11(14)5-7-12)13(17)10-3-2-8-15-9-10/h4-7,10,15H,2-3,8-9H2,1H3. The van der Waals surface area contributed by atoms with E-state index in [1.54, 1.807) is 17.0 Å². The topological polar surface area (TPSA) is 32.3 Å². The van der Waals surface area contributed by atoms with E-state index in [1.165, 1.54) is 0 Å². The number of hydrogen-bond donors (Lipinski definition) is 1. The third-order valence-corrected chi connectivity index (χ3v) is 3.44. The number of piperidine rings is 1. The molecule has 17 heavy (non-hydrogen) atoms. The number of nitrogens with zero attached hydrogens (tertiary/aromatic N) is 1. The molecule has 1 amide bonds. The van der Waals surface area contributed by atoms with Gasteiger partial charge in [0.1, 0.15) is 0 Å². The SMILES string of the molecule is CN(C(=O)C1CCCNC1)c1ccc(Cl)cc1. The second-order valence-electron chi connectivity index (χ2n) is 4.42. The minimum absolute atomic E-state index is 0.101. The summed E-state index contributed by atoms with van der Waals surface area (Å²) in [4.78, 5) is 14.0. The fraction of sp³-hybridized carbons (Fsp3) is 0.462. The maximum atomic E-state index is 12.2. The Morgan fingerprint density at radius 1 is 1.41 bits per heavy atom. The van der Waals surface area contributed by atoms with Gasteiger partial charge in [-0.1, -0.05) is 11.6 Å². The van der Waals surface area contributed by atoms with E-state index < -0.39 is 0 Å². The third kappa shape index (κ3) is 2.99. The summed E-state index contributed by atoms with van der Waals surface area (Å²) in [5.74, 6) is 0.281. The van der Waals surface area contributed by atoms with Crippen molar-refractivity contribution in [3.8, 4) is 0 Å². The van der Waals surface area contributed by atoms with Crippen LogP contribution in [0.3, 0.4) is 0 Å². The van der Waals surface area contributed by atoms with Crippen molar-refractivity contribution < 1.29 is 4.79 Å². The summed E-state index contributed by atoms with van der Waals surface area (Å²) in [5.41, 5.74) is 0.893. The Morgan fingerprint density at radius 3 is 2.71 bits per heavy atom. The highest BCUT2D eigenvalue weighted by Crippen LogP contribution is 2.20. The summed E-state index contributed by atoms with van der Waals surface area (Å²) in [6.07, 6.45) is 2.05. The van der Waals surface area contributed by atoms with Crippen molar-refractivity contribution in [1.82, 2.24) is 5.32 Å². The second-order valence-corrected chi connectivity index (χ2v) is 4.85. The quantitative estimate of drug-likeness (QED) is 0.876. The third-order valence-electron chi connectivity index (χ3n) is 3.19. The van der Waals surface area contributed by atoms with Crippen LogP contribution in [-0.2, 0) is 4.79 Å². The van der Waals surface area contributed by atoms with Crippen LogP contribution in [0.25, 0.3) is 0 Å². The molecule has 1 unspecified atom stereocenters. The van der Waals surface area contributed by atoms with Gasteiger partial charge < -0.3 is 10.2 Å². The summed E-state index contributed by atoms with van der Waals surface area (Å²) in [7, 11) is 1.82. The Bertz CT molecular complexity index is 385. The number of rotatable bonds is 2. The highest BCUT2D eigenvalue weighted by molar-refractivity contribution is 6.30. The number of hydrogen-bond acceptors (Lipinski definition) is 2. The first-order valence-corrected chi connectivity index (χ1v) is 6.30. The van der Waals surface area contributed by atoms with Gasteiger partial charge in [0.25, 0.3) is 0 Å². The first kappa shape index (κ1) is 12.4. The Balaban J connectivity index is 2.05. The van der Waals surface area contributed by atoms with Crippen molar-refractivity contribution >= 4 is 23.2 Å². The Labute approximate surface area is 107 Å². The minimum atomic E-state index is 0.101. The van der Waals surface area contributed by atoms with Gasteiger partial charge in [0, 0.05) is 24.3 Å². The van der Waals surface area contributed by atoms with Crippen molar-refractivity contribution in [1.29, 1.82) is 0 Å². The van der Waals surface area contributed by atoms with Crippen LogP contribution in [-0.4, -0.2) is 26.0 Å². The molecule has 1 aliphatic rings. The predicted octanol–water partition coefficient (Wildman–Crippen LogP) is 2.30. The smallest absolute Gasteiger partial charge is 0.231 e. The van der Waals surface area contributed by atoms with Crippen LogP contribution in [0, 0.1) is 5.92 Å². The molecule has 1 atom stereocenters. The van der Waals surface area contributed by atoms with E-state index >= 15 is 0 Å². The molecule has 1 aromatic carbocycles. The zero-order valence-corrected chi connectivity index (χ0v) is 10.7. The van der Waals surface area contributed by atoms with Gasteiger partial charge >= 0.3 is 0 Å². The van der Waals surface area contributed by atoms with Gasteiger partial charge in [-0.2, -0.15) is 0 Å². The highest BCUT2D eigenvalue weighted by atomic mass is 35.5. The lowest BCUT2D eigenvalue weighted by Crippen LogP contribution is -2.41. The molecule has 0 spiro atoms. The van der Waals surface area contributed by atoms with Crippen LogP contribution in [0.15, 0.2) is 24.3 Å². The zero-order chi connectivity index (χ0) is 12.3. The molecule has 1 heterocycles. The molecule has 4 heteroatoms. The summed E-state index contributed by atoms with van der Waals surface area (Å²) < 4.78 is 0. The van der Waals surface area contributed by atoms with Gasteiger partial charge in [0.15, 0.2) is 0 Å². The number of halogens is 1. The molecule has 0 saturated carbocycles. The van der Waals surface area contributed by atoms with Crippen LogP contribution in [0.5, 0.6) is 0 Å². The fourth-order valence-corrected chi connectivity index (χ4v) is 2.25. The molecule has 1 aromatic rings. The van der Waals surface area contributed by atoms with Crippen LogP contribution in [0.2, 0.25) is 5.02 Å².